The van der Waals surface area contributed by atoms with Crippen LogP contribution in [-0.4, -0.2) is 47.6 Å². The van der Waals surface area contributed by atoms with Crippen LogP contribution < -0.4 is 11.5 Å². The first-order valence-corrected chi connectivity index (χ1v) is 16.2. The van der Waals surface area contributed by atoms with Gasteiger partial charge in [0.25, 0.3) is 0 Å². The molecule has 1 aromatic heterocycles. The summed E-state index contributed by atoms with van der Waals surface area (Å²) in [4.78, 5) is 37.4. The number of carbonyl (C=O) groups is 2. The van der Waals surface area contributed by atoms with Crippen molar-refractivity contribution in [3.63, 3.8) is 0 Å². The Labute approximate surface area is 276 Å². The number of amides is 2. The van der Waals surface area contributed by atoms with Gasteiger partial charge in [0.15, 0.2) is 11.9 Å². The van der Waals surface area contributed by atoms with E-state index in [1.54, 1.807) is 26.2 Å². The quantitative estimate of drug-likeness (QED) is 0.276. The van der Waals surface area contributed by atoms with Crippen molar-refractivity contribution in [2.24, 2.45) is 21.5 Å². The van der Waals surface area contributed by atoms with Crippen molar-refractivity contribution in [3.05, 3.63) is 106 Å². The highest BCUT2D eigenvalue weighted by atomic mass is 32.1. The maximum atomic E-state index is 13.6. The lowest BCUT2D eigenvalue weighted by molar-refractivity contribution is -0.129. The molecular formula is C36H36F2N6O2S. The molecule has 47 heavy (non-hydrogen) atoms. The van der Waals surface area contributed by atoms with Crippen molar-refractivity contribution in [1.82, 2.24) is 9.80 Å². The highest BCUT2D eigenvalue weighted by Gasteiger charge is 2.43. The van der Waals surface area contributed by atoms with Crippen molar-refractivity contribution in [2.75, 3.05) is 14.1 Å². The Morgan fingerprint density at radius 2 is 1.36 bits per heavy atom. The number of nitrogens with zero attached hydrogens (tertiary/aromatic N) is 4. The van der Waals surface area contributed by atoms with Crippen LogP contribution in [0.15, 0.2) is 88.2 Å². The Bertz CT molecular complexity index is 1940. The van der Waals surface area contributed by atoms with Crippen LogP contribution in [0.2, 0.25) is 0 Å². The zero-order valence-corrected chi connectivity index (χ0v) is 27.3. The Morgan fingerprint density at radius 1 is 0.766 bits per heavy atom. The second-order valence-corrected chi connectivity index (χ2v) is 13.4. The number of fused-ring (bicyclic) bond motifs is 2. The van der Waals surface area contributed by atoms with Gasteiger partial charge < -0.3 is 11.5 Å². The standard InChI is InChI=1S/C20H20FN3O.C16H16FN3OS/c1-24-18(25)12-20(23-19(24)22)9-3-5-13-7-8-15(11-17(13)20)14-4-2-6-16(21)10-14;1-16(8-14(21)20(2)15(18)19-16)13-7-11(9-22-13)10-4-3-5-12(17)6-10/h2,4,6-8,10-11H,3,5,9,12H2,1H3,(H2,22,23);3-7,9H,8H2,1-2H3,(H2,18,19)/t20-;16-/m00/s1. The van der Waals surface area contributed by atoms with Crippen LogP contribution >= 0.6 is 11.3 Å². The first-order valence-electron chi connectivity index (χ1n) is 15.4. The predicted molar refractivity (Wildman–Crippen MR) is 182 cm³/mol. The third kappa shape index (κ3) is 6.27. The van der Waals surface area contributed by atoms with Gasteiger partial charge in [-0.2, -0.15) is 0 Å². The van der Waals surface area contributed by atoms with Crippen molar-refractivity contribution >= 4 is 35.1 Å². The zero-order chi connectivity index (χ0) is 33.5. The summed E-state index contributed by atoms with van der Waals surface area (Å²) in [5.74, 6) is -0.123. The molecule has 0 bridgehead atoms. The van der Waals surface area contributed by atoms with Crippen LogP contribution in [0.3, 0.4) is 0 Å². The van der Waals surface area contributed by atoms with E-state index >= 15 is 0 Å². The van der Waals surface area contributed by atoms with Crippen LogP contribution in [0.25, 0.3) is 22.3 Å². The lowest BCUT2D eigenvalue weighted by Crippen LogP contribution is -2.49. The average molecular weight is 655 g/mol. The van der Waals surface area contributed by atoms with Gasteiger partial charge in [-0.3, -0.25) is 19.4 Å². The number of aryl methyl sites for hydroxylation is 1. The van der Waals surface area contributed by atoms with Gasteiger partial charge in [-0.05, 0) is 101 Å². The summed E-state index contributed by atoms with van der Waals surface area (Å²) in [6.07, 6.45) is 3.32. The minimum Gasteiger partial charge on any atom is -0.369 e. The molecule has 0 saturated heterocycles. The van der Waals surface area contributed by atoms with Gasteiger partial charge in [0.05, 0.1) is 18.4 Å². The number of hydrogen-bond acceptors (Lipinski definition) is 7. The molecule has 2 atom stereocenters. The molecule has 0 saturated carbocycles. The number of aliphatic imine (C=N–C) groups is 2. The van der Waals surface area contributed by atoms with Gasteiger partial charge in [0.1, 0.15) is 17.2 Å². The molecular weight excluding hydrogens is 618 g/mol. The first kappa shape index (κ1) is 32.1. The number of rotatable bonds is 3. The average Bonchev–Trinajstić information content (AvgIpc) is 3.55. The number of guanidine groups is 2. The third-order valence-electron chi connectivity index (χ3n) is 9.16. The molecule has 4 aromatic rings. The molecule has 1 aliphatic carbocycles. The molecule has 3 heterocycles. The molecule has 8 nitrogen and oxygen atoms in total. The van der Waals surface area contributed by atoms with Gasteiger partial charge in [-0.1, -0.05) is 36.4 Å². The molecule has 7 rings (SSSR count). The van der Waals surface area contributed by atoms with Gasteiger partial charge >= 0.3 is 0 Å². The van der Waals surface area contributed by atoms with E-state index < -0.39 is 11.1 Å². The number of nitrogens with two attached hydrogens (primary N) is 2. The molecule has 0 fully saturated rings. The van der Waals surface area contributed by atoms with E-state index in [0.717, 1.165) is 52.0 Å². The highest BCUT2D eigenvalue weighted by Crippen LogP contribution is 2.45. The second kappa shape index (κ2) is 12.4. The minimum atomic E-state index is -0.663. The van der Waals surface area contributed by atoms with Crippen LogP contribution in [0.4, 0.5) is 8.78 Å². The molecule has 3 aromatic carbocycles. The van der Waals surface area contributed by atoms with Crippen molar-refractivity contribution in [1.29, 1.82) is 0 Å². The van der Waals surface area contributed by atoms with Gasteiger partial charge in [0.2, 0.25) is 11.8 Å². The van der Waals surface area contributed by atoms with Crippen LogP contribution in [-0.2, 0) is 27.1 Å². The smallest absolute Gasteiger partial charge is 0.231 e. The fraction of sp³-hybridized carbons (Fsp3) is 0.278. The van der Waals surface area contributed by atoms with Crippen molar-refractivity contribution < 1.29 is 18.4 Å². The Morgan fingerprint density at radius 3 is 1.98 bits per heavy atom. The lowest BCUT2D eigenvalue weighted by Gasteiger charge is -2.40. The molecule has 4 N–H and O–H groups in total. The second-order valence-electron chi connectivity index (χ2n) is 12.5. The lowest BCUT2D eigenvalue weighted by atomic mass is 9.73. The highest BCUT2D eigenvalue weighted by molar-refractivity contribution is 7.10. The van der Waals surface area contributed by atoms with E-state index in [4.69, 9.17) is 16.5 Å². The topological polar surface area (TPSA) is 117 Å². The largest absolute Gasteiger partial charge is 0.369 e. The van der Waals surface area contributed by atoms with E-state index in [0.29, 0.717) is 6.42 Å². The fourth-order valence-electron chi connectivity index (χ4n) is 6.40. The summed E-state index contributed by atoms with van der Waals surface area (Å²) in [5, 5.41) is 1.95. The Kier molecular flexibility index (Phi) is 8.44. The van der Waals surface area contributed by atoms with Crippen LogP contribution in [0, 0.1) is 11.6 Å². The number of thiophene rings is 1. The molecule has 3 aliphatic rings. The summed E-state index contributed by atoms with van der Waals surface area (Å²) >= 11 is 1.51. The van der Waals surface area contributed by atoms with Gasteiger partial charge in [0, 0.05) is 19.0 Å². The summed E-state index contributed by atoms with van der Waals surface area (Å²) < 4.78 is 26.9. The summed E-state index contributed by atoms with van der Waals surface area (Å²) in [5.41, 5.74) is 16.3. The first-order chi connectivity index (χ1) is 22.4. The van der Waals surface area contributed by atoms with Gasteiger partial charge in [-0.15, -0.1) is 11.3 Å². The number of halogens is 2. The maximum absolute atomic E-state index is 13.6. The normalized spacial score (nSPS) is 22.3. The summed E-state index contributed by atoms with van der Waals surface area (Å²) in [6.45, 7) is 1.89. The number of hydrogen-bond donors (Lipinski definition) is 2. The molecule has 2 amide bonds. The molecule has 0 unspecified atom stereocenters. The fourth-order valence-corrected chi connectivity index (χ4v) is 7.42. The molecule has 0 radical (unpaired) electrons. The monoisotopic (exact) mass is 654 g/mol. The van der Waals surface area contributed by atoms with Crippen molar-refractivity contribution in [2.45, 2.75) is 50.1 Å². The third-order valence-corrected chi connectivity index (χ3v) is 10.3. The molecule has 242 valence electrons. The zero-order valence-electron chi connectivity index (χ0n) is 26.5. The van der Waals surface area contributed by atoms with E-state index in [1.807, 2.05) is 36.6 Å². The van der Waals surface area contributed by atoms with E-state index in [2.05, 4.69) is 17.1 Å². The summed E-state index contributed by atoms with van der Waals surface area (Å²) in [6, 6.07) is 21.1. The summed E-state index contributed by atoms with van der Waals surface area (Å²) in [7, 11) is 3.27. The Hall–Kier alpha value is -4.90. The van der Waals surface area contributed by atoms with Crippen molar-refractivity contribution in [3.8, 4) is 22.3 Å². The number of carbonyl (C=O) groups excluding carboxylic acids is 2. The minimum absolute atomic E-state index is 0.0171. The Balaban J connectivity index is 0.000000166. The molecule has 11 heteroatoms. The van der Waals surface area contributed by atoms with E-state index in [-0.39, 0.29) is 41.8 Å². The molecule has 2 aliphatic heterocycles. The predicted octanol–water partition coefficient (Wildman–Crippen LogP) is 6.15. The maximum Gasteiger partial charge on any atom is 0.231 e. The van der Waals surface area contributed by atoms with E-state index in [9.17, 15) is 18.4 Å². The van der Waals surface area contributed by atoms with Crippen LogP contribution in [0.5, 0.6) is 0 Å². The van der Waals surface area contributed by atoms with Gasteiger partial charge in [-0.25, -0.2) is 18.8 Å². The number of benzene rings is 3. The SMILES string of the molecule is CN1C(=O)C[C@@](C)(c2cc(-c3cccc(F)c3)cs2)N=C1N.CN1C(=O)C[C@]2(CCCc3ccc(-c4cccc(F)c4)cc32)N=C1N. The molecule has 1 spiro atoms. The van der Waals surface area contributed by atoms with Crippen LogP contribution in [0.1, 0.15) is 48.6 Å². The van der Waals surface area contributed by atoms with E-state index in [1.165, 1.54) is 51.0 Å².